The molecule has 1 atom stereocenters. The van der Waals surface area contributed by atoms with Gasteiger partial charge in [0, 0.05) is 0 Å². The van der Waals surface area contributed by atoms with E-state index in [0.717, 1.165) is 0 Å². The molecule has 0 heterocycles. The Balaban J connectivity index is 5.14. The molecule has 1 amide bonds. The quantitative estimate of drug-likeness (QED) is 0.609. The smallest absolute Gasteiger partial charge is 0.408 e. The van der Waals surface area contributed by atoms with Crippen LogP contribution in [0.1, 0.15) is 48.5 Å². The molecule has 0 spiro atoms. The van der Waals surface area contributed by atoms with Crippen LogP contribution < -0.4 is 5.32 Å². The first-order valence-electron chi connectivity index (χ1n) is 7.78. The molecule has 1 N–H and O–H groups in total. The van der Waals surface area contributed by atoms with Crippen LogP contribution in [-0.2, 0) is 18.7 Å². The number of methoxy groups -OCH3 is 1. The van der Waals surface area contributed by atoms with Gasteiger partial charge < -0.3 is 19.2 Å². The zero-order chi connectivity index (χ0) is 18.7. The van der Waals surface area contributed by atoms with Gasteiger partial charge in [0.25, 0.3) is 0 Å². The molecule has 0 fully saturated rings. The van der Waals surface area contributed by atoms with E-state index in [9.17, 15) is 9.59 Å². The SMILES string of the molecule is COC(=O)C(C)(CO[Si](C)(C)C(C)(C)C)NC(=O)OC(C)(C)C. The third kappa shape index (κ3) is 6.91. The number of hydrogen-bond acceptors (Lipinski definition) is 5. The number of carbonyl (C=O) groups is 2. The van der Waals surface area contributed by atoms with Gasteiger partial charge in [-0.3, -0.25) is 0 Å². The summed E-state index contributed by atoms with van der Waals surface area (Å²) in [5.74, 6) is -0.568. The van der Waals surface area contributed by atoms with Gasteiger partial charge in [-0.15, -0.1) is 0 Å². The van der Waals surface area contributed by atoms with Crippen molar-refractivity contribution in [3.8, 4) is 0 Å². The van der Waals surface area contributed by atoms with E-state index < -0.39 is 31.5 Å². The summed E-state index contributed by atoms with van der Waals surface area (Å²) in [5.41, 5.74) is -1.95. The lowest BCUT2D eigenvalue weighted by Crippen LogP contribution is -2.59. The predicted molar refractivity (Wildman–Crippen MR) is 92.9 cm³/mol. The molecule has 0 aliphatic heterocycles. The van der Waals surface area contributed by atoms with Gasteiger partial charge in [-0.1, -0.05) is 20.8 Å². The largest absolute Gasteiger partial charge is 0.467 e. The van der Waals surface area contributed by atoms with Crippen molar-refractivity contribution >= 4 is 20.4 Å². The lowest BCUT2D eigenvalue weighted by molar-refractivity contribution is -0.149. The molecule has 7 heteroatoms. The predicted octanol–water partition coefficient (Wildman–Crippen LogP) is 3.46. The van der Waals surface area contributed by atoms with E-state index in [0.29, 0.717) is 0 Å². The van der Waals surface area contributed by atoms with E-state index >= 15 is 0 Å². The Labute approximate surface area is 141 Å². The Morgan fingerprint density at radius 2 is 1.48 bits per heavy atom. The van der Waals surface area contributed by atoms with E-state index in [1.807, 2.05) is 0 Å². The molecule has 23 heavy (non-hydrogen) atoms. The number of carbonyl (C=O) groups excluding carboxylic acids is 2. The van der Waals surface area contributed by atoms with Gasteiger partial charge in [-0.2, -0.15) is 0 Å². The van der Waals surface area contributed by atoms with Crippen LogP contribution >= 0.6 is 0 Å². The summed E-state index contributed by atoms with van der Waals surface area (Å²) in [6.07, 6.45) is -0.677. The van der Waals surface area contributed by atoms with Crippen LogP contribution in [0.2, 0.25) is 18.1 Å². The zero-order valence-electron chi connectivity index (χ0n) is 16.2. The third-order valence-electron chi connectivity index (χ3n) is 3.94. The lowest BCUT2D eigenvalue weighted by atomic mass is 10.1. The van der Waals surface area contributed by atoms with E-state index in [2.05, 4.69) is 39.2 Å². The summed E-state index contributed by atoms with van der Waals surface area (Å²) >= 11 is 0. The fourth-order valence-electron chi connectivity index (χ4n) is 1.44. The molecule has 1 unspecified atom stereocenters. The van der Waals surface area contributed by atoms with Gasteiger partial charge in [-0.25, -0.2) is 9.59 Å². The van der Waals surface area contributed by atoms with Crippen molar-refractivity contribution in [2.45, 2.75) is 77.7 Å². The zero-order valence-corrected chi connectivity index (χ0v) is 17.2. The molecule has 136 valence electrons. The highest BCUT2D eigenvalue weighted by atomic mass is 28.4. The monoisotopic (exact) mass is 347 g/mol. The Hall–Kier alpha value is -1.08. The summed E-state index contributed by atoms with van der Waals surface area (Å²) < 4.78 is 16.1. The molecule has 0 aliphatic carbocycles. The van der Waals surface area contributed by atoms with E-state index in [1.54, 1.807) is 27.7 Å². The fourth-order valence-corrected chi connectivity index (χ4v) is 2.52. The number of alkyl carbamates (subject to hydrolysis) is 1. The Morgan fingerprint density at radius 1 is 1.00 bits per heavy atom. The van der Waals surface area contributed by atoms with E-state index in [-0.39, 0.29) is 11.6 Å². The van der Waals surface area contributed by atoms with E-state index in [4.69, 9.17) is 13.9 Å². The second-order valence-electron chi connectivity index (χ2n) is 8.50. The molecule has 0 rings (SSSR count). The van der Waals surface area contributed by atoms with Crippen molar-refractivity contribution in [3.05, 3.63) is 0 Å². The second kappa shape index (κ2) is 7.21. The molecule has 0 aromatic heterocycles. The van der Waals surface area contributed by atoms with Gasteiger partial charge in [0.15, 0.2) is 13.9 Å². The Bertz CT molecular complexity index is 437. The first kappa shape index (κ1) is 21.9. The highest BCUT2D eigenvalue weighted by Crippen LogP contribution is 2.37. The number of amides is 1. The topological polar surface area (TPSA) is 73.9 Å². The van der Waals surface area contributed by atoms with Crippen LogP contribution in [0.25, 0.3) is 0 Å². The standard InChI is InChI=1S/C16H33NO5Si/c1-14(2,3)22-13(19)17-16(7,12(18)20-8)11-21-23(9,10)15(4,5)6/h11H2,1-10H3,(H,17,19). The van der Waals surface area contributed by atoms with Crippen molar-refractivity contribution in [3.63, 3.8) is 0 Å². The number of hydrogen-bond donors (Lipinski definition) is 1. The summed E-state index contributed by atoms with van der Waals surface area (Å²) in [5, 5.41) is 2.58. The molecule has 0 aliphatic rings. The summed E-state index contributed by atoms with van der Waals surface area (Å²) in [4.78, 5) is 24.2. The molecule has 0 radical (unpaired) electrons. The average molecular weight is 348 g/mol. The molecular weight excluding hydrogens is 314 g/mol. The Morgan fingerprint density at radius 3 is 1.83 bits per heavy atom. The van der Waals surface area contributed by atoms with Gasteiger partial charge in [-0.05, 0) is 45.8 Å². The average Bonchev–Trinajstić information content (AvgIpc) is 2.31. The number of rotatable bonds is 5. The molecule has 0 saturated carbocycles. The first-order valence-corrected chi connectivity index (χ1v) is 10.7. The van der Waals surface area contributed by atoms with Crippen molar-refractivity contribution in [2.24, 2.45) is 0 Å². The van der Waals surface area contributed by atoms with Gasteiger partial charge in [0.1, 0.15) is 5.60 Å². The van der Waals surface area contributed by atoms with Crippen molar-refractivity contribution in [1.82, 2.24) is 5.32 Å². The van der Waals surface area contributed by atoms with Crippen LogP contribution in [0.4, 0.5) is 4.79 Å². The van der Waals surface area contributed by atoms with Gasteiger partial charge in [0.2, 0.25) is 0 Å². The van der Waals surface area contributed by atoms with Crippen molar-refractivity contribution in [2.75, 3.05) is 13.7 Å². The van der Waals surface area contributed by atoms with Crippen LogP contribution in [0.5, 0.6) is 0 Å². The maximum atomic E-state index is 12.1. The van der Waals surface area contributed by atoms with Crippen molar-refractivity contribution in [1.29, 1.82) is 0 Å². The van der Waals surface area contributed by atoms with Crippen molar-refractivity contribution < 1.29 is 23.5 Å². The van der Waals surface area contributed by atoms with Crippen LogP contribution in [0.3, 0.4) is 0 Å². The maximum absolute atomic E-state index is 12.1. The minimum atomic E-state index is -2.07. The molecule has 6 nitrogen and oxygen atoms in total. The Kier molecular flexibility index (Phi) is 6.87. The van der Waals surface area contributed by atoms with E-state index in [1.165, 1.54) is 7.11 Å². The highest BCUT2D eigenvalue weighted by molar-refractivity contribution is 6.74. The third-order valence-corrected chi connectivity index (χ3v) is 8.42. The van der Waals surface area contributed by atoms with Crippen LogP contribution in [0, 0.1) is 0 Å². The molecular formula is C16H33NO5Si. The summed E-state index contributed by atoms with van der Waals surface area (Å²) in [6.45, 7) is 17.4. The van der Waals surface area contributed by atoms with Gasteiger partial charge >= 0.3 is 12.1 Å². The molecule has 0 aromatic carbocycles. The van der Waals surface area contributed by atoms with Crippen LogP contribution in [-0.4, -0.2) is 45.2 Å². The minimum absolute atomic E-state index is 0.00402. The normalized spacial score (nSPS) is 15.6. The number of ether oxygens (including phenoxy) is 2. The number of nitrogens with one attached hydrogen (secondary N) is 1. The highest BCUT2D eigenvalue weighted by Gasteiger charge is 2.43. The van der Waals surface area contributed by atoms with Crippen LogP contribution in [0.15, 0.2) is 0 Å². The number of esters is 1. The van der Waals surface area contributed by atoms with Gasteiger partial charge in [0.05, 0.1) is 13.7 Å². The molecule has 0 bridgehead atoms. The fraction of sp³-hybridized carbons (Fsp3) is 0.875. The summed E-state index contributed by atoms with van der Waals surface area (Å²) in [6, 6.07) is 0. The molecule has 0 aromatic rings. The summed E-state index contributed by atoms with van der Waals surface area (Å²) in [7, 11) is -0.790. The lowest BCUT2D eigenvalue weighted by Gasteiger charge is -2.39. The minimum Gasteiger partial charge on any atom is -0.467 e. The second-order valence-corrected chi connectivity index (χ2v) is 13.3. The maximum Gasteiger partial charge on any atom is 0.408 e. The first-order chi connectivity index (χ1) is 10.0. The molecule has 0 saturated heterocycles.